The number of rotatable bonds is 2. The molecule has 8 heteroatoms. The number of nitrogens with zero attached hydrogens (tertiary/aromatic N) is 1. The first-order valence-corrected chi connectivity index (χ1v) is 9.71. The Morgan fingerprint density at radius 2 is 2.03 bits per heavy atom. The number of anilines is 1. The molecular formula is C21H19ClF3N3O. The van der Waals surface area contributed by atoms with Crippen LogP contribution in [0.5, 0.6) is 0 Å². The second-order valence-electron chi connectivity index (χ2n) is 7.05. The molecule has 1 unspecified atom stereocenters. The molecule has 0 saturated heterocycles. The molecule has 2 amide bonds. The van der Waals surface area contributed by atoms with Gasteiger partial charge in [-0.15, -0.1) is 0 Å². The Balaban J connectivity index is 1.65. The van der Waals surface area contributed by atoms with Crippen LogP contribution >= 0.6 is 11.6 Å². The Bertz CT molecular complexity index is 1080. The van der Waals surface area contributed by atoms with Crippen molar-refractivity contribution in [2.45, 2.75) is 32.0 Å². The number of alkyl halides is 3. The number of aromatic nitrogens is 1. The molecule has 2 aromatic carbocycles. The van der Waals surface area contributed by atoms with E-state index >= 15 is 0 Å². The number of carbonyl (C=O) groups excluding carboxylic acids is 1. The average Bonchev–Trinajstić information content (AvgIpc) is 3.06. The number of halogens is 4. The van der Waals surface area contributed by atoms with E-state index in [0.717, 1.165) is 22.7 Å². The van der Waals surface area contributed by atoms with E-state index in [0.29, 0.717) is 19.4 Å². The van der Waals surface area contributed by atoms with E-state index < -0.39 is 17.8 Å². The van der Waals surface area contributed by atoms with Crippen LogP contribution in [0, 0.1) is 0 Å². The van der Waals surface area contributed by atoms with Gasteiger partial charge >= 0.3 is 12.2 Å². The van der Waals surface area contributed by atoms with Crippen molar-refractivity contribution < 1.29 is 18.0 Å². The van der Waals surface area contributed by atoms with Crippen molar-refractivity contribution in [1.29, 1.82) is 0 Å². The van der Waals surface area contributed by atoms with E-state index in [9.17, 15) is 18.0 Å². The van der Waals surface area contributed by atoms with Crippen LogP contribution in [0.4, 0.5) is 23.7 Å². The SMILES string of the molecule is CCC1c2[nH]c3ccccc3c2CCN1C(=O)Nc1ccc(Cl)cc1C(F)(F)F. The minimum atomic E-state index is -4.62. The molecule has 0 aliphatic carbocycles. The minimum absolute atomic E-state index is 0.0394. The number of benzene rings is 2. The van der Waals surface area contributed by atoms with Crippen molar-refractivity contribution in [1.82, 2.24) is 9.88 Å². The highest BCUT2D eigenvalue weighted by molar-refractivity contribution is 6.30. The van der Waals surface area contributed by atoms with Crippen molar-refractivity contribution >= 4 is 34.2 Å². The lowest BCUT2D eigenvalue weighted by atomic mass is 9.96. The molecule has 1 aromatic heterocycles. The van der Waals surface area contributed by atoms with E-state index in [1.165, 1.54) is 17.7 Å². The first-order valence-electron chi connectivity index (χ1n) is 9.33. The average molecular weight is 422 g/mol. The van der Waals surface area contributed by atoms with Gasteiger partial charge in [0.05, 0.1) is 17.3 Å². The summed E-state index contributed by atoms with van der Waals surface area (Å²) in [5.74, 6) is 0. The Labute approximate surface area is 170 Å². The van der Waals surface area contributed by atoms with Crippen LogP contribution < -0.4 is 5.32 Å². The maximum absolute atomic E-state index is 13.4. The molecule has 1 atom stereocenters. The highest BCUT2D eigenvalue weighted by atomic mass is 35.5. The van der Waals surface area contributed by atoms with Crippen molar-refractivity contribution in [2.24, 2.45) is 0 Å². The zero-order chi connectivity index (χ0) is 20.8. The van der Waals surface area contributed by atoms with Gasteiger partial charge in [-0.25, -0.2) is 4.79 Å². The Morgan fingerprint density at radius 3 is 2.76 bits per heavy atom. The zero-order valence-electron chi connectivity index (χ0n) is 15.6. The molecule has 0 bridgehead atoms. The number of hydrogen-bond acceptors (Lipinski definition) is 1. The number of amides is 2. The van der Waals surface area contributed by atoms with Crippen molar-refractivity contribution in [3.63, 3.8) is 0 Å². The van der Waals surface area contributed by atoms with Gasteiger partial charge in [0.2, 0.25) is 0 Å². The summed E-state index contributed by atoms with van der Waals surface area (Å²) in [6, 6.07) is 10.5. The minimum Gasteiger partial charge on any atom is -0.356 e. The number of urea groups is 1. The highest BCUT2D eigenvalue weighted by Crippen LogP contribution is 2.39. The maximum atomic E-state index is 13.4. The summed E-state index contributed by atoms with van der Waals surface area (Å²) < 4.78 is 40.1. The smallest absolute Gasteiger partial charge is 0.356 e. The summed E-state index contributed by atoms with van der Waals surface area (Å²) >= 11 is 5.72. The summed E-state index contributed by atoms with van der Waals surface area (Å²) in [5.41, 5.74) is 1.84. The van der Waals surface area contributed by atoms with Crippen molar-refractivity contribution in [3.05, 3.63) is 64.3 Å². The molecule has 1 aliphatic heterocycles. The molecule has 0 fully saturated rings. The first kappa shape index (κ1) is 19.6. The molecule has 0 saturated carbocycles. The Kier molecular flexibility index (Phi) is 4.94. The molecular weight excluding hydrogens is 403 g/mol. The van der Waals surface area contributed by atoms with Crippen LogP contribution in [0.2, 0.25) is 5.02 Å². The summed E-state index contributed by atoms with van der Waals surface area (Å²) in [4.78, 5) is 17.9. The fourth-order valence-electron chi connectivity index (χ4n) is 4.03. The Hall–Kier alpha value is -2.67. The van der Waals surface area contributed by atoms with Crippen LogP contribution in [0.25, 0.3) is 10.9 Å². The first-order chi connectivity index (χ1) is 13.8. The monoisotopic (exact) mass is 421 g/mol. The van der Waals surface area contributed by atoms with Crippen LogP contribution in [0.1, 0.15) is 36.2 Å². The summed E-state index contributed by atoms with van der Waals surface area (Å²) in [6.07, 6.45) is -3.35. The van der Waals surface area contributed by atoms with E-state index in [1.54, 1.807) is 4.90 Å². The number of H-pyrrole nitrogens is 1. The van der Waals surface area contributed by atoms with Gasteiger partial charge in [-0.2, -0.15) is 13.2 Å². The number of para-hydroxylation sites is 1. The fourth-order valence-corrected chi connectivity index (χ4v) is 4.21. The molecule has 152 valence electrons. The number of hydrogen-bond donors (Lipinski definition) is 2. The van der Waals surface area contributed by atoms with Gasteiger partial charge in [-0.05, 0) is 42.7 Å². The summed E-state index contributed by atoms with van der Waals surface area (Å²) in [6.45, 7) is 2.38. The Morgan fingerprint density at radius 1 is 1.28 bits per heavy atom. The maximum Gasteiger partial charge on any atom is 0.418 e. The van der Waals surface area contributed by atoms with Gasteiger partial charge in [0.15, 0.2) is 0 Å². The van der Waals surface area contributed by atoms with Crippen molar-refractivity contribution in [2.75, 3.05) is 11.9 Å². The zero-order valence-corrected chi connectivity index (χ0v) is 16.4. The van der Waals surface area contributed by atoms with Gasteiger partial charge in [-0.3, -0.25) is 0 Å². The number of fused-ring (bicyclic) bond motifs is 3. The van der Waals surface area contributed by atoms with Gasteiger partial charge in [0.1, 0.15) is 0 Å². The third-order valence-corrected chi connectivity index (χ3v) is 5.57. The molecule has 3 aromatic rings. The predicted molar refractivity (Wildman–Crippen MR) is 107 cm³/mol. The standard InChI is InChI=1S/C21H19ClF3N3O/c1-2-18-19-14(13-5-3-4-6-16(13)26-19)9-10-28(18)20(29)27-17-8-7-12(22)11-15(17)21(23,24)25/h3-8,11,18,26H,2,9-10H2,1H3,(H,27,29). The quantitative estimate of drug-likeness (QED) is 0.495. The van der Waals surface area contributed by atoms with Crippen LogP contribution in [-0.2, 0) is 12.6 Å². The van der Waals surface area contributed by atoms with E-state index in [1.807, 2.05) is 31.2 Å². The molecule has 1 aliphatic rings. The summed E-state index contributed by atoms with van der Waals surface area (Å²) in [5, 5.41) is 3.52. The second-order valence-corrected chi connectivity index (χ2v) is 7.48. The predicted octanol–water partition coefficient (Wildman–Crippen LogP) is 6.38. The van der Waals surface area contributed by atoms with Gasteiger partial charge in [0, 0.05) is 28.2 Å². The van der Waals surface area contributed by atoms with Crippen LogP contribution in [0.15, 0.2) is 42.5 Å². The van der Waals surface area contributed by atoms with E-state index in [2.05, 4.69) is 10.3 Å². The third-order valence-electron chi connectivity index (χ3n) is 5.33. The van der Waals surface area contributed by atoms with Gasteiger partial charge < -0.3 is 15.2 Å². The van der Waals surface area contributed by atoms with E-state index in [-0.39, 0.29) is 16.8 Å². The lowest BCUT2D eigenvalue weighted by Gasteiger charge is -2.35. The van der Waals surface area contributed by atoms with Gasteiger partial charge in [0.25, 0.3) is 0 Å². The van der Waals surface area contributed by atoms with Crippen molar-refractivity contribution in [3.8, 4) is 0 Å². The summed E-state index contributed by atoms with van der Waals surface area (Å²) in [7, 11) is 0. The topological polar surface area (TPSA) is 48.1 Å². The second kappa shape index (κ2) is 7.30. The molecule has 0 spiro atoms. The highest BCUT2D eigenvalue weighted by Gasteiger charge is 2.36. The number of nitrogens with one attached hydrogen (secondary N) is 2. The van der Waals surface area contributed by atoms with Crippen LogP contribution in [0.3, 0.4) is 0 Å². The normalized spacial score (nSPS) is 16.7. The largest absolute Gasteiger partial charge is 0.418 e. The van der Waals surface area contributed by atoms with Crippen LogP contribution in [-0.4, -0.2) is 22.5 Å². The molecule has 2 heterocycles. The fraction of sp³-hybridized carbons (Fsp3) is 0.286. The number of carbonyl (C=O) groups is 1. The molecule has 2 N–H and O–H groups in total. The third kappa shape index (κ3) is 3.55. The molecule has 4 rings (SSSR count). The number of aromatic amines is 1. The lowest BCUT2D eigenvalue weighted by Crippen LogP contribution is -2.42. The molecule has 4 nitrogen and oxygen atoms in total. The molecule has 29 heavy (non-hydrogen) atoms. The van der Waals surface area contributed by atoms with E-state index in [4.69, 9.17) is 11.6 Å². The lowest BCUT2D eigenvalue weighted by molar-refractivity contribution is -0.136. The molecule has 0 radical (unpaired) electrons. The van der Waals surface area contributed by atoms with Gasteiger partial charge in [-0.1, -0.05) is 36.7 Å².